The van der Waals surface area contributed by atoms with E-state index in [0.717, 1.165) is 16.8 Å². The van der Waals surface area contributed by atoms with Gasteiger partial charge in [-0.25, -0.2) is 15.0 Å². The number of carbonyl (C=O) groups excluding carboxylic acids is 1. The molecule has 3 aromatic rings. The predicted molar refractivity (Wildman–Crippen MR) is 123 cm³/mol. The van der Waals surface area contributed by atoms with Crippen molar-refractivity contribution in [1.29, 1.82) is 5.26 Å². The molecule has 0 unspecified atom stereocenters. The number of amides is 1. The van der Waals surface area contributed by atoms with E-state index in [4.69, 9.17) is 0 Å². The first-order valence-corrected chi connectivity index (χ1v) is 10.8. The van der Waals surface area contributed by atoms with Gasteiger partial charge >= 0.3 is 0 Å². The van der Waals surface area contributed by atoms with Crippen LogP contribution in [0.2, 0.25) is 0 Å². The van der Waals surface area contributed by atoms with Crippen LogP contribution in [-0.2, 0) is 5.41 Å². The number of aromatic nitrogens is 3. The average Bonchev–Trinajstić information content (AvgIpc) is 3.32. The number of carbonyl (C=O) groups is 1. The smallest absolute Gasteiger partial charge is 0.265 e. The molecule has 9 nitrogen and oxygen atoms in total. The van der Waals surface area contributed by atoms with Crippen LogP contribution in [0.1, 0.15) is 33.4 Å². The van der Waals surface area contributed by atoms with E-state index in [1.54, 1.807) is 39.3 Å². The number of rotatable bonds is 5. The SMILES string of the molecule is Cc1nc(Nc2nccc(-c3cc(C#N)c4c(c3)[C@@](C)(CO)CN4)n2)sc1C(=O)N(C)C. The Hall–Kier alpha value is -3.55. The third-order valence-electron chi connectivity index (χ3n) is 5.48. The first kappa shape index (κ1) is 21.7. The molecule has 10 heteroatoms. The summed E-state index contributed by atoms with van der Waals surface area (Å²) >= 11 is 1.24. The van der Waals surface area contributed by atoms with Gasteiger partial charge < -0.3 is 20.6 Å². The lowest BCUT2D eigenvalue weighted by atomic mass is 9.83. The van der Waals surface area contributed by atoms with Crippen LogP contribution in [-0.4, -0.2) is 58.1 Å². The van der Waals surface area contributed by atoms with E-state index in [1.807, 2.05) is 13.0 Å². The van der Waals surface area contributed by atoms with Crippen LogP contribution in [0.15, 0.2) is 24.4 Å². The third-order valence-corrected chi connectivity index (χ3v) is 6.54. The topological polar surface area (TPSA) is 127 Å². The Morgan fingerprint density at radius 3 is 2.88 bits per heavy atom. The summed E-state index contributed by atoms with van der Waals surface area (Å²) in [5.41, 5.74) is 3.71. The molecule has 0 saturated carbocycles. The molecule has 0 spiro atoms. The van der Waals surface area contributed by atoms with Crippen LogP contribution in [0, 0.1) is 18.3 Å². The summed E-state index contributed by atoms with van der Waals surface area (Å²) in [6.45, 7) is 4.28. The number of aliphatic hydroxyl groups excluding tert-OH is 1. The lowest BCUT2D eigenvalue weighted by Gasteiger charge is -2.21. The molecule has 0 radical (unpaired) electrons. The Kier molecular flexibility index (Phi) is 5.54. The Labute approximate surface area is 189 Å². The second-order valence-electron chi connectivity index (χ2n) is 8.15. The van der Waals surface area contributed by atoms with Gasteiger partial charge in [0.25, 0.3) is 5.91 Å². The summed E-state index contributed by atoms with van der Waals surface area (Å²) in [6, 6.07) is 7.74. The fraction of sp³-hybridized carbons (Fsp3) is 0.318. The van der Waals surface area contributed by atoms with Gasteiger partial charge in [0.1, 0.15) is 10.9 Å². The Balaban J connectivity index is 1.68. The number of anilines is 3. The van der Waals surface area contributed by atoms with E-state index in [1.165, 1.54) is 16.2 Å². The lowest BCUT2D eigenvalue weighted by Crippen LogP contribution is -2.28. The zero-order chi connectivity index (χ0) is 23.0. The van der Waals surface area contributed by atoms with Crippen molar-refractivity contribution in [3.05, 3.63) is 46.1 Å². The number of nitrogens with zero attached hydrogens (tertiary/aromatic N) is 5. The highest BCUT2D eigenvalue weighted by molar-refractivity contribution is 7.17. The summed E-state index contributed by atoms with van der Waals surface area (Å²) < 4.78 is 0. The van der Waals surface area contributed by atoms with Crippen molar-refractivity contribution < 1.29 is 9.90 Å². The number of hydrogen-bond acceptors (Lipinski definition) is 9. The van der Waals surface area contributed by atoms with Crippen LogP contribution in [0.3, 0.4) is 0 Å². The molecule has 1 amide bonds. The molecule has 0 aliphatic carbocycles. The molecular formula is C22H23N7O2S. The summed E-state index contributed by atoms with van der Waals surface area (Å²) in [7, 11) is 3.40. The molecule has 32 heavy (non-hydrogen) atoms. The molecule has 4 rings (SSSR count). The summed E-state index contributed by atoms with van der Waals surface area (Å²) in [4.78, 5) is 27.6. The van der Waals surface area contributed by atoms with Gasteiger partial charge in [0, 0.05) is 37.8 Å². The number of aliphatic hydroxyl groups is 1. The molecule has 164 valence electrons. The van der Waals surface area contributed by atoms with Crippen LogP contribution >= 0.6 is 11.3 Å². The van der Waals surface area contributed by atoms with Crippen LogP contribution in [0.5, 0.6) is 0 Å². The van der Waals surface area contributed by atoms with Crippen molar-refractivity contribution in [3.8, 4) is 17.3 Å². The monoisotopic (exact) mass is 449 g/mol. The Bertz CT molecular complexity index is 1250. The number of fused-ring (bicyclic) bond motifs is 1. The molecule has 1 aliphatic heterocycles. The molecule has 1 aromatic carbocycles. The molecule has 3 heterocycles. The van der Waals surface area contributed by atoms with E-state index in [0.29, 0.717) is 39.5 Å². The highest BCUT2D eigenvalue weighted by atomic mass is 32.1. The van der Waals surface area contributed by atoms with E-state index >= 15 is 0 Å². The fourth-order valence-corrected chi connectivity index (χ4v) is 4.57. The second-order valence-corrected chi connectivity index (χ2v) is 9.15. The van der Waals surface area contributed by atoms with E-state index in [9.17, 15) is 15.2 Å². The highest BCUT2D eigenvalue weighted by Crippen LogP contribution is 2.41. The fourth-order valence-electron chi connectivity index (χ4n) is 3.59. The standard InChI is InChI=1S/C22H23N7O2S/c1-12-18(19(31)29(3)4)32-21(26-12)28-20-24-6-5-16(27-20)13-7-14(9-23)17-15(8-13)22(2,11-30)10-25-17/h5-8,25,30H,10-11H2,1-4H3,(H,24,26,27,28)/t22-/m1/s1. The molecule has 1 atom stereocenters. The quantitative estimate of drug-likeness (QED) is 0.543. The molecule has 0 saturated heterocycles. The predicted octanol–water partition coefficient (Wildman–Crippen LogP) is 2.90. The lowest BCUT2D eigenvalue weighted by molar-refractivity contribution is 0.0831. The number of hydrogen-bond donors (Lipinski definition) is 3. The zero-order valence-electron chi connectivity index (χ0n) is 18.2. The average molecular weight is 450 g/mol. The molecule has 2 aromatic heterocycles. The van der Waals surface area contributed by atoms with Crippen molar-refractivity contribution in [2.75, 3.05) is 37.9 Å². The van der Waals surface area contributed by atoms with Crippen molar-refractivity contribution in [1.82, 2.24) is 19.9 Å². The van der Waals surface area contributed by atoms with Crippen molar-refractivity contribution in [2.24, 2.45) is 0 Å². The normalized spacial score (nSPS) is 16.8. The van der Waals surface area contributed by atoms with Gasteiger partial charge in [-0.2, -0.15) is 5.26 Å². The summed E-state index contributed by atoms with van der Waals surface area (Å²) in [5, 5.41) is 26.4. The van der Waals surface area contributed by atoms with Crippen LogP contribution in [0.4, 0.5) is 16.8 Å². The van der Waals surface area contributed by atoms with E-state index in [-0.39, 0.29) is 12.5 Å². The first-order valence-electron chi connectivity index (χ1n) is 9.98. The van der Waals surface area contributed by atoms with Crippen molar-refractivity contribution in [3.63, 3.8) is 0 Å². The minimum atomic E-state index is -0.473. The maximum absolute atomic E-state index is 12.3. The highest BCUT2D eigenvalue weighted by Gasteiger charge is 2.36. The minimum Gasteiger partial charge on any atom is -0.395 e. The Morgan fingerprint density at radius 2 is 2.19 bits per heavy atom. The largest absolute Gasteiger partial charge is 0.395 e. The molecule has 3 N–H and O–H groups in total. The first-order chi connectivity index (χ1) is 15.3. The molecular weight excluding hydrogens is 426 g/mol. The number of thiazole rings is 1. The second kappa shape index (κ2) is 8.18. The van der Waals surface area contributed by atoms with Gasteiger partial charge in [-0.3, -0.25) is 4.79 Å². The van der Waals surface area contributed by atoms with Crippen molar-refractivity contribution >= 4 is 34.0 Å². The van der Waals surface area contributed by atoms with Crippen LogP contribution in [0.25, 0.3) is 11.3 Å². The third kappa shape index (κ3) is 3.77. The number of benzene rings is 1. The number of nitrogens with one attached hydrogen (secondary N) is 2. The van der Waals surface area contributed by atoms with E-state index < -0.39 is 5.41 Å². The van der Waals surface area contributed by atoms with Gasteiger partial charge in [-0.1, -0.05) is 18.3 Å². The van der Waals surface area contributed by atoms with E-state index in [2.05, 4.69) is 31.7 Å². The van der Waals surface area contributed by atoms with Gasteiger partial charge in [-0.15, -0.1) is 0 Å². The van der Waals surface area contributed by atoms with Crippen molar-refractivity contribution in [2.45, 2.75) is 19.3 Å². The minimum absolute atomic E-state index is 0.0324. The number of aryl methyl sites for hydroxylation is 1. The molecule has 0 fully saturated rings. The van der Waals surface area contributed by atoms with Crippen LogP contribution < -0.4 is 10.6 Å². The summed E-state index contributed by atoms with van der Waals surface area (Å²) in [6.07, 6.45) is 1.62. The molecule has 0 bridgehead atoms. The zero-order valence-corrected chi connectivity index (χ0v) is 19.0. The number of nitriles is 1. The molecule has 1 aliphatic rings. The van der Waals surface area contributed by atoms with Gasteiger partial charge in [0.15, 0.2) is 5.13 Å². The van der Waals surface area contributed by atoms with Gasteiger partial charge in [0.2, 0.25) is 5.95 Å². The Morgan fingerprint density at radius 1 is 1.41 bits per heavy atom. The maximum atomic E-state index is 12.3. The summed E-state index contributed by atoms with van der Waals surface area (Å²) in [5.74, 6) is 0.229. The van der Waals surface area contributed by atoms with Gasteiger partial charge in [-0.05, 0) is 30.7 Å². The maximum Gasteiger partial charge on any atom is 0.265 e. The van der Waals surface area contributed by atoms with Gasteiger partial charge in [0.05, 0.1) is 29.2 Å².